The molecular weight excluding hydrogens is 282 g/mol. The van der Waals surface area contributed by atoms with E-state index in [1.54, 1.807) is 18.3 Å². The van der Waals surface area contributed by atoms with E-state index in [9.17, 15) is 4.79 Å². The molecule has 0 unspecified atom stereocenters. The van der Waals surface area contributed by atoms with Gasteiger partial charge in [-0.25, -0.2) is 0 Å². The molecular formula is C12H12BrN3O. The standard InChI is InChI=1S/C12H12BrN3O/c13-10-3-1-9(2-4-10)12(17)14-7-5-11-6-8-15-16-11/h1-4,6,8H,5,7H2,(H,14,17)(H,15,16). The van der Waals surface area contributed by atoms with Gasteiger partial charge in [-0.2, -0.15) is 5.10 Å². The molecule has 1 aromatic heterocycles. The van der Waals surface area contributed by atoms with E-state index in [1.807, 2.05) is 18.2 Å². The van der Waals surface area contributed by atoms with E-state index in [0.29, 0.717) is 12.1 Å². The van der Waals surface area contributed by atoms with Gasteiger partial charge in [0.1, 0.15) is 0 Å². The van der Waals surface area contributed by atoms with E-state index in [0.717, 1.165) is 16.6 Å². The van der Waals surface area contributed by atoms with Gasteiger partial charge in [-0.1, -0.05) is 15.9 Å². The Morgan fingerprint density at radius 2 is 2.06 bits per heavy atom. The van der Waals surface area contributed by atoms with Gasteiger partial charge in [-0.3, -0.25) is 9.89 Å². The second-order valence-electron chi connectivity index (χ2n) is 3.59. The molecule has 2 aromatic rings. The third-order valence-corrected chi connectivity index (χ3v) is 2.87. The Kier molecular flexibility index (Phi) is 3.93. The van der Waals surface area contributed by atoms with Crippen molar-refractivity contribution in [1.82, 2.24) is 15.5 Å². The molecule has 1 heterocycles. The van der Waals surface area contributed by atoms with E-state index in [4.69, 9.17) is 0 Å². The Morgan fingerprint density at radius 1 is 1.29 bits per heavy atom. The van der Waals surface area contributed by atoms with E-state index in [-0.39, 0.29) is 5.91 Å². The maximum atomic E-state index is 11.7. The minimum Gasteiger partial charge on any atom is -0.352 e. The first kappa shape index (κ1) is 11.9. The van der Waals surface area contributed by atoms with Gasteiger partial charge in [-0.15, -0.1) is 0 Å². The molecule has 1 aromatic carbocycles. The molecule has 2 rings (SSSR count). The van der Waals surface area contributed by atoms with Gasteiger partial charge in [0.2, 0.25) is 0 Å². The SMILES string of the molecule is O=C(NCCc1ccn[nH]1)c1ccc(Br)cc1. The Labute approximate surface area is 108 Å². The van der Waals surface area contributed by atoms with Crippen LogP contribution in [0.2, 0.25) is 0 Å². The highest BCUT2D eigenvalue weighted by molar-refractivity contribution is 9.10. The minimum atomic E-state index is -0.0583. The van der Waals surface area contributed by atoms with E-state index in [1.165, 1.54) is 0 Å². The Hall–Kier alpha value is -1.62. The average molecular weight is 294 g/mol. The molecule has 0 saturated heterocycles. The summed E-state index contributed by atoms with van der Waals surface area (Å²) in [5, 5.41) is 9.55. The van der Waals surface area contributed by atoms with Crippen molar-refractivity contribution < 1.29 is 4.79 Å². The monoisotopic (exact) mass is 293 g/mol. The number of halogens is 1. The van der Waals surface area contributed by atoms with Gasteiger partial charge >= 0.3 is 0 Å². The van der Waals surface area contributed by atoms with Gasteiger partial charge in [0.25, 0.3) is 5.91 Å². The first-order valence-electron chi connectivity index (χ1n) is 5.28. The van der Waals surface area contributed by atoms with Crippen molar-refractivity contribution in [3.8, 4) is 0 Å². The summed E-state index contributed by atoms with van der Waals surface area (Å²) in [5.74, 6) is -0.0583. The predicted molar refractivity (Wildman–Crippen MR) is 68.8 cm³/mol. The van der Waals surface area contributed by atoms with Crippen LogP contribution in [-0.2, 0) is 6.42 Å². The summed E-state index contributed by atoms with van der Waals surface area (Å²) in [7, 11) is 0. The Balaban J connectivity index is 1.83. The fourth-order valence-corrected chi connectivity index (χ4v) is 1.70. The molecule has 1 amide bonds. The highest BCUT2D eigenvalue weighted by Gasteiger charge is 2.04. The van der Waals surface area contributed by atoms with Crippen molar-refractivity contribution in [2.75, 3.05) is 6.54 Å². The first-order valence-corrected chi connectivity index (χ1v) is 6.07. The molecule has 0 aliphatic rings. The van der Waals surface area contributed by atoms with Crippen LogP contribution >= 0.6 is 15.9 Å². The maximum absolute atomic E-state index is 11.7. The topological polar surface area (TPSA) is 57.8 Å². The number of benzene rings is 1. The zero-order valence-corrected chi connectivity index (χ0v) is 10.7. The summed E-state index contributed by atoms with van der Waals surface area (Å²) >= 11 is 3.33. The fourth-order valence-electron chi connectivity index (χ4n) is 1.44. The van der Waals surface area contributed by atoms with Crippen molar-refractivity contribution in [1.29, 1.82) is 0 Å². The zero-order chi connectivity index (χ0) is 12.1. The van der Waals surface area contributed by atoms with Crippen LogP contribution < -0.4 is 5.32 Å². The van der Waals surface area contributed by atoms with Crippen LogP contribution in [0.5, 0.6) is 0 Å². The minimum absolute atomic E-state index is 0.0583. The lowest BCUT2D eigenvalue weighted by atomic mass is 10.2. The highest BCUT2D eigenvalue weighted by atomic mass is 79.9. The smallest absolute Gasteiger partial charge is 0.251 e. The van der Waals surface area contributed by atoms with Crippen molar-refractivity contribution in [2.24, 2.45) is 0 Å². The molecule has 0 radical (unpaired) electrons. The third kappa shape index (κ3) is 3.42. The number of nitrogens with one attached hydrogen (secondary N) is 2. The van der Waals surface area contributed by atoms with Crippen molar-refractivity contribution in [3.63, 3.8) is 0 Å². The van der Waals surface area contributed by atoms with Crippen LogP contribution in [0.1, 0.15) is 16.1 Å². The zero-order valence-electron chi connectivity index (χ0n) is 9.11. The number of carbonyl (C=O) groups is 1. The summed E-state index contributed by atoms with van der Waals surface area (Å²) < 4.78 is 0.964. The molecule has 4 nitrogen and oxygen atoms in total. The van der Waals surface area contributed by atoms with Crippen LogP contribution in [0.3, 0.4) is 0 Å². The van der Waals surface area contributed by atoms with Gasteiger partial charge < -0.3 is 5.32 Å². The van der Waals surface area contributed by atoms with Gasteiger partial charge in [0, 0.05) is 34.9 Å². The lowest BCUT2D eigenvalue weighted by Crippen LogP contribution is -2.25. The van der Waals surface area contributed by atoms with E-state index < -0.39 is 0 Å². The molecule has 0 fully saturated rings. The number of aromatic amines is 1. The summed E-state index contributed by atoms with van der Waals surface area (Å²) in [5.41, 5.74) is 1.68. The number of rotatable bonds is 4. The number of amides is 1. The van der Waals surface area contributed by atoms with Crippen LogP contribution in [0, 0.1) is 0 Å². The summed E-state index contributed by atoms with van der Waals surface area (Å²) in [6.45, 7) is 0.594. The molecule has 0 bridgehead atoms. The molecule has 0 aliphatic carbocycles. The van der Waals surface area contributed by atoms with Gasteiger partial charge in [0.15, 0.2) is 0 Å². The summed E-state index contributed by atoms with van der Waals surface area (Å²) in [6, 6.07) is 9.17. The lowest BCUT2D eigenvalue weighted by molar-refractivity contribution is 0.0954. The van der Waals surface area contributed by atoms with Crippen LogP contribution in [0.4, 0.5) is 0 Å². The Bertz CT molecular complexity index is 479. The second kappa shape index (κ2) is 5.63. The van der Waals surface area contributed by atoms with Crippen LogP contribution in [-0.4, -0.2) is 22.6 Å². The number of H-pyrrole nitrogens is 1. The van der Waals surface area contributed by atoms with Crippen molar-refractivity contribution in [3.05, 3.63) is 52.3 Å². The lowest BCUT2D eigenvalue weighted by Gasteiger charge is -2.04. The number of aromatic nitrogens is 2. The molecule has 2 N–H and O–H groups in total. The van der Waals surface area contributed by atoms with Crippen LogP contribution in [0.25, 0.3) is 0 Å². The normalized spacial score (nSPS) is 10.2. The van der Waals surface area contributed by atoms with Crippen molar-refractivity contribution >= 4 is 21.8 Å². The molecule has 0 aliphatic heterocycles. The average Bonchev–Trinajstić information content (AvgIpc) is 2.83. The van der Waals surface area contributed by atoms with Gasteiger partial charge in [0.05, 0.1) is 0 Å². The summed E-state index contributed by atoms with van der Waals surface area (Å²) in [4.78, 5) is 11.7. The molecule has 0 atom stereocenters. The second-order valence-corrected chi connectivity index (χ2v) is 4.51. The first-order chi connectivity index (χ1) is 8.25. The molecule has 88 valence electrons. The largest absolute Gasteiger partial charge is 0.352 e. The summed E-state index contributed by atoms with van der Waals surface area (Å²) in [6.07, 6.45) is 2.45. The number of carbonyl (C=O) groups excluding carboxylic acids is 1. The van der Waals surface area contributed by atoms with E-state index in [2.05, 4.69) is 31.4 Å². The highest BCUT2D eigenvalue weighted by Crippen LogP contribution is 2.10. The Morgan fingerprint density at radius 3 is 2.71 bits per heavy atom. The number of nitrogens with zero attached hydrogens (tertiary/aromatic N) is 1. The molecule has 0 spiro atoms. The molecule has 5 heteroatoms. The third-order valence-electron chi connectivity index (χ3n) is 2.34. The predicted octanol–water partition coefficient (Wildman–Crippen LogP) is 2.14. The number of hydrogen-bond donors (Lipinski definition) is 2. The number of hydrogen-bond acceptors (Lipinski definition) is 2. The fraction of sp³-hybridized carbons (Fsp3) is 0.167. The van der Waals surface area contributed by atoms with Crippen molar-refractivity contribution in [2.45, 2.75) is 6.42 Å². The van der Waals surface area contributed by atoms with E-state index >= 15 is 0 Å². The molecule has 17 heavy (non-hydrogen) atoms. The maximum Gasteiger partial charge on any atom is 0.251 e. The van der Waals surface area contributed by atoms with Gasteiger partial charge in [-0.05, 0) is 30.3 Å². The van der Waals surface area contributed by atoms with Crippen LogP contribution in [0.15, 0.2) is 41.0 Å². The quantitative estimate of drug-likeness (QED) is 0.907. The molecule has 0 saturated carbocycles.